The van der Waals surface area contributed by atoms with Gasteiger partial charge in [0.25, 0.3) is 5.91 Å². The minimum absolute atomic E-state index is 0.0427. The van der Waals surface area contributed by atoms with Crippen molar-refractivity contribution in [3.8, 4) is 5.69 Å². The predicted octanol–water partition coefficient (Wildman–Crippen LogP) is 1.86. The fraction of sp³-hybridized carbons (Fsp3) is 0.267. The standard InChI is InChI=1S/C15H17N3O3/c1-11(2-7-14(19)20)17-15(21)12-3-5-13(6-4-12)18-9-8-16-10-18/h3-6,8-11H,2,7H2,1H3,(H,17,21)(H,19,20). The van der Waals surface area contributed by atoms with Crippen LogP contribution < -0.4 is 5.32 Å². The molecule has 21 heavy (non-hydrogen) atoms. The van der Waals surface area contributed by atoms with E-state index in [1.807, 2.05) is 22.9 Å². The molecule has 1 aromatic heterocycles. The van der Waals surface area contributed by atoms with Crippen LogP contribution in [0.15, 0.2) is 43.0 Å². The molecule has 0 bridgehead atoms. The Morgan fingerprint density at radius 2 is 2.05 bits per heavy atom. The lowest BCUT2D eigenvalue weighted by atomic mass is 10.1. The van der Waals surface area contributed by atoms with Gasteiger partial charge in [-0.3, -0.25) is 9.59 Å². The zero-order valence-corrected chi connectivity index (χ0v) is 11.7. The van der Waals surface area contributed by atoms with Crippen LogP contribution >= 0.6 is 0 Å². The van der Waals surface area contributed by atoms with Crippen molar-refractivity contribution in [2.75, 3.05) is 0 Å². The number of nitrogens with one attached hydrogen (secondary N) is 1. The van der Waals surface area contributed by atoms with Crippen LogP contribution in [0.3, 0.4) is 0 Å². The van der Waals surface area contributed by atoms with Crippen LogP contribution in [0.4, 0.5) is 0 Å². The first kappa shape index (κ1) is 14.8. The van der Waals surface area contributed by atoms with Gasteiger partial charge in [0.1, 0.15) is 0 Å². The van der Waals surface area contributed by atoms with E-state index in [9.17, 15) is 9.59 Å². The smallest absolute Gasteiger partial charge is 0.303 e. The fourth-order valence-corrected chi connectivity index (χ4v) is 1.92. The lowest BCUT2D eigenvalue weighted by molar-refractivity contribution is -0.137. The van der Waals surface area contributed by atoms with Crippen molar-refractivity contribution in [3.05, 3.63) is 48.5 Å². The minimum atomic E-state index is -0.860. The van der Waals surface area contributed by atoms with E-state index in [1.165, 1.54) is 0 Å². The highest BCUT2D eigenvalue weighted by atomic mass is 16.4. The molecule has 0 saturated heterocycles. The van der Waals surface area contributed by atoms with E-state index in [0.29, 0.717) is 12.0 Å². The van der Waals surface area contributed by atoms with Crippen LogP contribution in [0.2, 0.25) is 0 Å². The molecular weight excluding hydrogens is 270 g/mol. The van der Waals surface area contributed by atoms with E-state index in [-0.39, 0.29) is 18.4 Å². The van der Waals surface area contributed by atoms with Gasteiger partial charge in [-0.15, -0.1) is 0 Å². The van der Waals surface area contributed by atoms with Crippen molar-refractivity contribution < 1.29 is 14.7 Å². The summed E-state index contributed by atoms with van der Waals surface area (Å²) >= 11 is 0. The first-order chi connectivity index (χ1) is 10.1. The monoisotopic (exact) mass is 287 g/mol. The predicted molar refractivity (Wildman–Crippen MR) is 77.4 cm³/mol. The number of aromatic nitrogens is 2. The molecule has 0 aliphatic heterocycles. The van der Waals surface area contributed by atoms with Gasteiger partial charge in [-0.1, -0.05) is 0 Å². The highest BCUT2D eigenvalue weighted by Crippen LogP contribution is 2.09. The molecule has 0 spiro atoms. The number of nitrogens with zero attached hydrogens (tertiary/aromatic N) is 2. The van der Waals surface area contributed by atoms with Gasteiger partial charge in [-0.2, -0.15) is 0 Å². The molecule has 1 unspecified atom stereocenters. The Kier molecular flexibility index (Phi) is 4.71. The van der Waals surface area contributed by atoms with Crippen LogP contribution in [0, 0.1) is 0 Å². The van der Waals surface area contributed by atoms with Crippen molar-refractivity contribution >= 4 is 11.9 Å². The number of hydrogen-bond acceptors (Lipinski definition) is 3. The summed E-state index contributed by atoms with van der Waals surface area (Å²) in [6.07, 6.45) is 5.64. The molecular formula is C15H17N3O3. The van der Waals surface area contributed by atoms with E-state index >= 15 is 0 Å². The number of aliphatic carboxylic acids is 1. The first-order valence-corrected chi connectivity index (χ1v) is 6.67. The molecule has 2 rings (SSSR count). The Morgan fingerprint density at radius 1 is 1.33 bits per heavy atom. The van der Waals surface area contributed by atoms with Gasteiger partial charge in [0.2, 0.25) is 0 Å². The van der Waals surface area contributed by atoms with Crippen LogP contribution in [0.25, 0.3) is 5.69 Å². The maximum atomic E-state index is 12.0. The first-order valence-electron chi connectivity index (χ1n) is 6.67. The van der Waals surface area contributed by atoms with Crippen LogP contribution in [-0.4, -0.2) is 32.6 Å². The Balaban J connectivity index is 1.95. The number of rotatable bonds is 6. The average Bonchev–Trinajstić information content (AvgIpc) is 2.99. The molecule has 2 N–H and O–H groups in total. The summed E-state index contributed by atoms with van der Waals surface area (Å²) in [6, 6.07) is 6.95. The molecule has 1 amide bonds. The SMILES string of the molecule is CC(CCC(=O)O)NC(=O)c1ccc(-n2ccnc2)cc1. The van der Waals surface area contributed by atoms with Gasteiger partial charge < -0.3 is 15.0 Å². The highest BCUT2D eigenvalue weighted by Gasteiger charge is 2.11. The molecule has 110 valence electrons. The second-order valence-electron chi connectivity index (χ2n) is 4.82. The van der Waals surface area contributed by atoms with Gasteiger partial charge in [0.15, 0.2) is 0 Å². The van der Waals surface area contributed by atoms with E-state index < -0.39 is 5.97 Å². The zero-order valence-electron chi connectivity index (χ0n) is 11.7. The summed E-state index contributed by atoms with van der Waals surface area (Å²) in [5.74, 6) is -1.06. The van der Waals surface area contributed by atoms with Crippen molar-refractivity contribution in [2.24, 2.45) is 0 Å². The van der Waals surface area contributed by atoms with Gasteiger partial charge in [0, 0.05) is 36.1 Å². The van der Waals surface area contributed by atoms with E-state index in [2.05, 4.69) is 10.3 Å². The van der Waals surface area contributed by atoms with Crippen molar-refractivity contribution in [3.63, 3.8) is 0 Å². The van der Waals surface area contributed by atoms with E-state index in [4.69, 9.17) is 5.11 Å². The molecule has 0 radical (unpaired) electrons. The molecule has 0 aliphatic carbocycles. The number of carbonyl (C=O) groups is 2. The molecule has 2 aromatic rings. The van der Waals surface area contributed by atoms with Crippen molar-refractivity contribution in [1.82, 2.24) is 14.9 Å². The Bertz CT molecular complexity index is 606. The van der Waals surface area contributed by atoms with Gasteiger partial charge in [-0.25, -0.2) is 4.98 Å². The van der Waals surface area contributed by atoms with Gasteiger partial charge in [-0.05, 0) is 37.6 Å². The van der Waals surface area contributed by atoms with Crippen LogP contribution in [-0.2, 0) is 4.79 Å². The third-order valence-corrected chi connectivity index (χ3v) is 3.10. The Hall–Kier alpha value is -2.63. The summed E-state index contributed by atoms with van der Waals surface area (Å²) < 4.78 is 1.84. The van der Waals surface area contributed by atoms with E-state index in [1.54, 1.807) is 31.6 Å². The van der Waals surface area contributed by atoms with E-state index in [0.717, 1.165) is 5.69 Å². The molecule has 1 heterocycles. The Labute approximate surface area is 122 Å². The maximum absolute atomic E-state index is 12.0. The number of hydrogen-bond donors (Lipinski definition) is 2. The van der Waals surface area contributed by atoms with Gasteiger partial charge >= 0.3 is 5.97 Å². The van der Waals surface area contributed by atoms with Crippen molar-refractivity contribution in [2.45, 2.75) is 25.8 Å². The third kappa shape index (κ3) is 4.17. The second kappa shape index (κ2) is 6.69. The fourth-order valence-electron chi connectivity index (χ4n) is 1.92. The number of carbonyl (C=O) groups excluding carboxylic acids is 1. The molecule has 0 aliphatic rings. The van der Waals surface area contributed by atoms with Crippen molar-refractivity contribution in [1.29, 1.82) is 0 Å². The topological polar surface area (TPSA) is 84.2 Å². The number of carboxylic acids is 1. The summed E-state index contributed by atoms with van der Waals surface area (Å²) in [5.41, 5.74) is 1.46. The summed E-state index contributed by atoms with van der Waals surface area (Å²) in [4.78, 5) is 26.5. The quantitative estimate of drug-likeness (QED) is 0.849. The number of amides is 1. The number of benzene rings is 1. The third-order valence-electron chi connectivity index (χ3n) is 3.10. The zero-order chi connectivity index (χ0) is 15.2. The maximum Gasteiger partial charge on any atom is 0.303 e. The molecule has 0 fully saturated rings. The highest BCUT2D eigenvalue weighted by molar-refractivity contribution is 5.94. The number of carboxylic acid groups (broad SMARTS) is 1. The number of imidazole rings is 1. The normalized spacial score (nSPS) is 11.9. The van der Waals surface area contributed by atoms with Crippen LogP contribution in [0.5, 0.6) is 0 Å². The summed E-state index contributed by atoms with van der Waals surface area (Å²) in [5, 5.41) is 11.4. The molecule has 1 atom stereocenters. The lowest BCUT2D eigenvalue weighted by Crippen LogP contribution is -2.32. The summed E-state index contributed by atoms with van der Waals surface area (Å²) in [7, 11) is 0. The summed E-state index contributed by atoms with van der Waals surface area (Å²) in [6.45, 7) is 1.79. The average molecular weight is 287 g/mol. The largest absolute Gasteiger partial charge is 0.481 e. The molecule has 0 saturated carbocycles. The minimum Gasteiger partial charge on any atom is -0.481 e. The molecule has 6 nitrogen and oxygen atoms in total. The lowest BCUT2D eigenvalue weighted by Gasteiger charge is -2.13. The second-order valence-corrected chi connectivity index (χ2v) is 4.82. The Morgan fingerprint density at radius 3 is 2.62 bits per heavy atom. The molecule has 6 heteroatoms. The molecule has 1 aromatic carbocycles. The van der Waals surface area contributed by atoms with Crippen LogP contribution in [0.1, 0.15) is 30.1 Å². The van der Waals surface area contributed by atoms with Gasteiger partial charge in [0.05, 0.1) is 6.33 Å².